The van der Waals surface area contributed by atoms with Gasteiger partial charge in [-0.2, -0.15) is 0 Å². The topological polar surface area (TPSA) is 61.8 Å². The van der Waals surface area contributed by atoms with Crippen LogP contribution >= 0.6 is 0 Å². The molecule has 0 spiro atoms. The van der Waals surface area contributed by atoms with E-state index in [0.29, 0.717) is 12.1 Å². The average molecular weight is 424 g/mol. The van der Waals surface area contributed by atoms with Gasteiger partial charge in [-0.15, -0.1) is 0 Å². The first-order valence-electron chi connectivity index (χ1n) is 10.5. The number of fused-ring (bicyclic) bond motifs is 1. The third-order valence-corrected chi connectivity index (χ3v) is 8.80. The van der Waals surface area contributed by atoms with Crippen molar-refractivity contribution in [3.05, 3.63) is 77.6 Å². The summed E-state index contributed by atoms with van der Waals surface area (Å²) in [5.74, 6) is 0. The molecule has 30 heavy (non-hydrogen) atoms. The first-order valence-corrected chi connectivity index (χ1v) is 12.0. The fourth-order valence-electron chi connectivity index (χ4n) is 4.23. The van der Waals surface area contributed by atoms with Crippen LogP contribution in [0.25, 0.3) is 0 Å². The van der Waals surface area contributed by atoms with Gasteiger partial charge in [-0.05, 0) is 49.9 Å². The molecule has 1 atom stereocenters. The second kappa shape index (κ2) is 8.36. The second-order valence-electron chi connectivity index (χ2n) is 8.49. The number of nitrogens with zero attached hydrogens (tertiary/aromatic N) is 2. The Morgan fingerprint density at radius 3 is 2.47 bits per heavy atom. The zero-order valence-corrected chi connectivity index (χ0v) is 18.4. The van der Waals surface area contributed by atoms with Gasteiger partial charge >= 0.3 is 0 Å². The van der Waals surface area contributed by atoms with Crippen LogP contribution in [-0.4, -0.2) is 33.0 Å². The Hall–Kier alpha value is -2.44. The number of para-hydroxylation sites is 1. The minimum Gasteiger partial charge on any atom is -0.317 e. The molecular formula is C24H29N3O2S. The van der Waals surface area contributed by atoms with E-state index < -0.39 is 15.3 Å². The number of sulfonamides is 1. The Balaban J connectivity index is 1.75. The highest BCUT2D eigenvalue weighted by molar-refractivity contribution is 7.93. The third-order valence-electron chi connectivity index (χ3n) is 6.49. The molecule has 2 aliphatic rings. The van der Waals surface area contributed by atoms with Gasteiger partial charge in [-0.25, -0.2) is 12.7 Å². The monoisotopic (exact) mass is 423 g/mol. The van der Waals surface area contributed by atoms with E-state index in [2.05, 4.69) is 17.2 Å². The summed E-state index contributed by atoms with van der Waals surface area (Å²) in [5.41, 5.74) is 3.03. The van der Waals surface area contributed by atoms with Gasteiger partial charge in [0.15, 0.2) is 0 Å². The summed E-state index contributed by atoms with van der Waals surface area (Å²) >= 11 is 0. The Morgan fingerprint density at radius 1 is 1.07 bits per heavy atom. The van der Waals surface area contributed by atoms with Gasteiger partial charge in [0.05, 0.1) is 16.6 Å². The van der Waals surface area contributed by atoms with Gasteiger partial charge in [-0.1, -0.05) is 55.5 Å². The maximum absolute atomic E-state index is 13.9. The number of anilines is 1. The average Bonchev–Trinajstić information content (AvgIpc) is 2.95. The van der Waals surface area contributed by atoms with Gasteiger partial charge in [-0.3, -0.25) is 4.99 Å². The van der Waals surface area contributed by atoms with E-state index in [1.807, 2.05) is 61.5 Å². The van der Waals surface area contributed by atoms with E-state index in [9.17, 15) is 8.42 Å². The van der Waals surface area contributed by atoms with Crippen LogP contribution in [0.1, 0.15) is 37.8 Å². The minimum atomic E-state index is -3.63. The molecule has 1 fully saturated rings. The molecule has 0 aliphatic carbocycles. The lowest BCUT2D eigenvalue weighted by Crippen LogP contribution is -2.48. The van der Waals surface area contributed by atoms with Crippen molar-refractivity contribution in [2.45, 2.75) is 38.4 Å². The Bertz CT molecular complexity index is 1050. The fourth-order valence-corrected chi connectivity index (χ4v) is 6.23. The van der Waals surface area contributed by atoms with E-state index in [1.54, 1.807) is 12.4 Å². The van der Waals surface area contributed by atoms with Crippen molar-refractivity contribution in [2.24, 2.45) is 10.4 Å². The minimum absolute atomic E-state index is 0.264. The van der Waals surface area contributed by atoms with Gasteiger partial charge in [0, 0.05) is 24.4 Å². The van der Waals surface area contributed by atoms with Gasteiger partial charge < -0.3 is 5.32 Å². The third kappa shape index (κ3) is 4.07. The summed E-state index contributed by atoms with van der Waals surface area (Å²) in [6.45, 7) is 5.67. The number of rotatable bonds is 5. The number of nitrogens with one attached hydrogen (secondary N) is 1. The van der Waals surface area contributed by atoms with E-state index in [4.69, 9.17) is 0 Å². The maximum Gasteiger partial charge on any atom is 0.242 e. The molecule has 0 radical (unpaired) electrons. The molecule has 158 valence electrons. The van der Waals surface area contributed by atoms with Crippen molar-refractivity contribution in [1.29, 1.82) is 0 Å². The molecule has 0 bridgehead atoms. The van der Waals surface area contributed by atoms with E-state index in [1.165, 1.54) is 4.31 Å². The number of piperidine rings is 1. The van der Waals surface area contributed by atoms with Crippen molar-refractivity contribution in [3.63, 3.8) is 0 Å². The van der Waals surface area contributed by atoms with Crippen molar-refractivity contribution in [2.75, 3.05) is 17.4 Å². The molecule has 0 aromatic heterocycles. The molecule has 2 aromatic carbocycles. The van der Waals surface area contributed by atoms with Crippen molar-refractivity contribution in [1.82, 2.24) is 5.32 Å². The van der Waals surface area contributed by atoms with Crippen LogP contribution in [0.4, 0.5) is 5.69 Å². The van der Waals surface area contributed by atoms with Gasteiger partial charge in [0.2, 0.25) is 10.0 Å². The molecular weight excluding hydrogens is 394 g/mol. The van der Waals surface area contributed by atoms with Crippen LogP contribution in [0, 0.1) is 5.41 Å². The SMILES string of the molecule is CC(C1(C)CCNCC1)S(=O)(=O)N1C=C(Cc2ccccc2)N=Cc2ccccc21. The fraction of sp³-hybridized carbons (Fsp3) is 0.375. The quantitative estimate of drug-likeness (QED) is 0.787. The van der Waals surface area contributed by atoms with Crippen LogP contribution in [0.15, 0.2) is 71.5 Å². The summed E-state index contributed by atoms with van der Waals surface area (Å²) in [4.78, 5) is 4.63. The zero-order chi connectivity index (χ0) is 21.2. The molecule has 2 heterocycles. The number of aliphatic imine (C=N–C) groups is 1. The van der Waals surface area contributed by atoms with Crippen molar-refractivity contribution >= 4 is 21.9 Å². The standard InChI is InChI=1S/C24H29N3O2S/c1-19(24(2)12-14-25-15-13-24)30(28,29)27-18-22(16-20-8-4-3-5-9-20)26-17-21-10-6-7-11-23(21)27/h3-11,17-19,25H,12-16H2,1-2H3. The number of hydrogen-bond donors (Lipinski definition) is 1. The molecule has 2 aromatic rings. The second-order valence-corrected chi connectivity index (χ2v) is 10.6. The summed E-state index contributed by atoms with van der Waals surface area (Å²) < 4.78 is 29.3. The highest BCUT2D eigenvalue weighted by atomic mass is 32.2. The van der Waals surface area contributed by atoms with Crippen LogP contribution in [0.5, 0.6) is 0 Å². The summed E-state index contributed by atoms with van der Waals surface area (Å²) in [6, 6.07) is 17.6. The molecule has 0 saturated carbocycles. The first kappa shape index (κ1) is 20.8. The molecule has 5 nitrogen and oxygen atoms in total. The number of hydrogen-bond acceptors (Lipinski definition) is 4. The highest BCUT2D eigenvalue weighted by Crippen LogP contribution is 2.39. The molecule has 1 N–H and O–H groups in total. The number of benzene rings is 2. The van der Waals surface area contributed by atoms with Crippen molar-refractivity contribution < 1.29 is 8.42 Å². The summed E-state index contributed by atoms with van der Waals surface area (Å²) in [7, 11) is -3.63. The molecule has 1 unspecified atom stereocenters. The van der Waals surface area contributed by atoms with E-state index in [-0.39, 0.29) is 5.41 Å². The molecule has 1 saturated heterocycles. The molecule has 4 rings (SSSR count). The predicted molar refractivity (Wildman–Crippen MR) is 123 cm³/mol. The van der Waals surface area contributed by atoms with Crippen LogP contribution in [0.2, 0.25) is 0 Å². The largest absolute Gasteiger partial charge is 0.317 e. The zero-order valence-electron chi connectivity index (χ0n) is 17.6. The lowest BCUT2D eigenvalue weighted by Gasteiger charge is -2.40. The summed E-state index contributed by atoms with van der Waals surface area (Å²) in [5, 5.41) is 2.84. The van der Waals surface area contributed by atoms with Gasteiger partial charge in [0.25, 0.3) is 0 Å². The van der Waals surface area contributed by atoms with Crippen LogP contribution < -0.4 is 9.62 Å². The Morgan fingerprint density at radius 2 is 1.73 bits per heavy atom. The first-order chi connectivity index (χ1) is 14.4. The van der Waals surface area contributed by atoms with Crippen LogP contribution in [0.3, 0.4) is 0 Å². The van der Waals surface area contributed by atoms with Gasteiger partial charge in [0.1, 0.15) is 0 Å². The maximum atomic E-state index is 13.9. The summed E-state index contributed by atoms with van der Waals surface area (Å²) in [6.07, 6.45) is 5.76. The Labute approximate surface area is 179 Å². The molecule has 0 amide bonds. The smallest absolute Gasteiger partial charge is 0.242 e. The Kier molecular flexibility index (Phi) is 5.80. The van der Waals surface area contributed by atoms with Crippen molar-refractivity contribution in [3.8, 4) is 0 Å². The lowest BCUT2D eigenvalue weighted by atomic mass is 9.78. The van der Waals surface area contributed by atoms with E-state index in [0.717, 1.165) is 42.8 Å². The lowest BCUT2D eigenvalue weighted by molar-refractivity contribution is 0.223. The van der Waals surface area contributed by atoms with Crippen LogP contribution in [-0.2, 0) is 16.4 Å². The van der Waals surface area contributed by atoms with E-state index >= 15 is 0 Å². The highest BCUT2D eigenvalue weighted by Gasteiger charge is 2.43. The molecule has 2 aliphatic heterocycles. The normalized spacial score (nSPS) is 19.5. The molecule has 6 heteroatoms. The predicted octanol–water partition coefficient (Wildman–Crippen LogP) is 4.12. The number of allylic oxidation sites excluding steroid dienone is 1.